The van der Waals surface area contributed by atoms with Crippen molar-refractivity contribution < 1.29 is 14.6 Å². The van der Waals surface area contributed by atoms with E-state index in [1.54, 1.807) is 12.0 Å². The molecule has 0 aromatic heterocycles. The van der Waals surface area contributed by atoms with Crippen molar-refractivity contribution in [1.82, 2.24) is 9.80 Å². The first-order valence-corrected chi connectivity index (χ1v) is 8.30. The summed E-state index contributed by atoms with van der Waals surface area (Å²) in [6, 6.07) is 7.86. The van der Waals surface area contributed by atoms with Gasteiger partial charge >= 0.3 is 0 Å². The number of aliphatic hydroxyl groups is 1. The molecular formula is C18H28N2O3. The standard InChI is InChI=1S/C18H28N2O3/c1-14(21)17-6-4-5-11-20(17)13-18(22)19(2)12-15-7-9-16(23-3)10-8-15/h7-10,14,17,21H,4-6,11-13H2,1-3H3. The topological polar surface area (TPSA) is 53.0 Å². The Hall–Kier alpha value is -1.59. The van der Waals surface area contributed by atoms with Crippen LogP contribution in [0, 0.1) is 0 Å². The molecule has 1 fully saturated rings. The lowest BCUT2D eigenvalue weighted by atomic mass is 9.98. The van der Waals surface area contributed by atoms with Gasteiger partial charge in [-0.05, 0) is 44.0 Å². The molecule has 0 saturated carbocycles. The Bertz CT molecular complexity index is 501. The Balaban J connectivity index is 1.90. The van der Waals surface area contributed by atoms with Crippen LogP contribution in [-0.2, 0) is 11.3 Å². The zero-order chi connectivity index (χ0) is 16.8. The second kappa shape index (κ2) is 8.31. The van der Waals surface area contributed by atoms with Crippen molar-refractivity contribution in [2.24, 2.45) is 0 Å². The summed E-state index contributed by atoms with van der Waals surface area (Å²) in [6.07, 6.45) is 2.79. The number of hydrogen-bond acceptors (Lipinski definition) is 4. The molecule has 1 aromatic rings. The zero-order valence-corrected chi connectivity index (χ0v) is 14.4. The van der Waals surface area contributed by atoms with Crippen LogP contribution in [0.2, 0.25) is 0 Å². The molecule has 1 aliphatic rings. The summed E-state index contributed by atoms with van der Waals surface area (Å²) in [5.41, 5.74) is 1.08. The SMILES string of the molecule is COc1ccc(CN(C)C(=O)CN2CCCCC2C(C)O)cc1. The second-order valence-electron chi connectivity index (χ2n) is 6.37. The Labute approximate surface area is 138 Å². The Morgan fingerprint density at radius 1 is 1.39 bits per heavy atom. The highest BCUT2D eigenvalue weighted by atomic mass is 16.5. The normalized spacial score (nSPS) is 20.1. The number of methoxy groups -OCH3 is 1. The highest BCUT2D eigenvalue weighted by Gasteiger charge is 2.28. The van der Waals surface area contributed by atoms with Gasteiger partial charge in [0.15, 0.2) is 0 Å². The molecule has 5 nitrogen and oxygen atoms in total. The highest BCUT2D eigenvalue weighted by molar-refractivity contribution is 5.78. The van der Waals surface area contributed by atoms with Crippen LogP contribution in [0.4, 0.5) is 0 Å². The van der Waals surface area contributed by atoms with E-state index in [4.69, 9.17) is 4.74 Å². The summed E-state index contributed by atoms with van der Waals surface area (Å²) in [5, 5.41) is 9.91. The number of likely N-dealkylation sites (N-methyl/N-ethyl adjacent to an activating group) is 1. The number of carbonyl (C=O) groups excluding carboxylic acids is 1. The molecule has 2 unspecified atom stereocenters. The first-order chi connectivity index (χ1) is 11.0. The van der Waals surface area contributed by atoms with Gasteiger partial charge in [-0.2, -0.15) is 0 Å². The average molecular weight is 320 g/mol. The third-order valence-corrected chi connectivity index (χ3v) is 4.56. The van der Waals surface area contributed by atoms with Crippen molar-refractivity contribution in [3.63, 3.8) is 0 Å². The molecule has 1 aliphatic heterocycles. The Morgan fingerprint density at radius 3 is 2.70 bits per heavy atom. The lowest BCUT2D eigenvalue weighted by molar-refractivity contribution is -0.133. The molecule has 1 aromatic carbocycles. The van der Waals surface area contributed by atoms with Crippen LogP contribution in [-0.4, -0.2) is 60.2 Å². The Morgan fingerprint density at radius 2 is 2.09 bits per heavy atom. The summed E-state index contributed by atoms with van der Waals surface area (Å²) < 4.78 is 5.15. The van der Waals surface area contributed by atoms with Crippen molar-refractivity contribution in [2.45, 2.75) is 44.9 Å². The molecular weight excluding hydrogens is 292 g/mol. The number of ether oxygens (including phenoxy) is 1. The van der Waals surface area contributed by atoms with Crippen LogP contribution >= 0.6 is 0 Å². The number of rotatable bonds is 6. The predicted octanol–water partition coefficient (Wildman–Crippen LogP) is 1.89. The lowest BCUT2D eigenvalue weighted by Crippen LogP contribution is -2.49. The van der Waals surface area contributed by atoms with E-state index >= 15 is 0 Å². The summed E-state index contributed by atoms with van der Waals surface area (Å²) >= 11 is 0. The van der Waals surface area contributed by atoms with E-state index in [2.05, 4.69) is 4.90 Å². The molecule has 1 heterocycles. The number of piperidine rings is 1. The first kappa shape index (κ1) is 17.8. The van der Waals surface area contributed by atoms with E-state index in [1.807, 2.05) is 38.2 Å². The van der Waals surface area contributed by atoms with Crippen LogP contribution in [0.3, 0.4) is 0 Å². The fourth-order valence-corrected chi connectivity index (χ4v) is 3.15. The van der Waals surface area contributed by atoms with E-state index in [9.17, 15) is 9.90 Å². The van der Waals surface area contributed by atoms with Gasteiger partial charge in [-0.25, -0.2) is 0 Å². The summed E-state index contributed by atoms with van der Waals surface area (Å²) in [7, 11) is 3.47. The third kappa shape index (κ3) is 4.94. The van der Waals surface area contributed by atoms with E-state index < -0.39 is 6.10 Å². The first-order valence-electron chi connectivity index (χ1n) is 8.30. The average Bonchev–Trinajstić information content (AvgIpc) is 2.55. The fourth-order valence-electron chi connectivity index (χ4n) is 3.15. The molecule has 23 heavy (non-hydrogen) atoms. The van der Waals surface area contributed by atoms with Crippen molar-refractivity contribution in [2.75, 3.05) is 27.2 Å². The number of likely N-dealkylation sites (tertiary alicyclic amines) is 1. The molecule has 2 atom stereocenters. The monoisotopic (exact) mass is 320 g/mol. The van der Waals surface area contributed by atoms with Crippen molar-refractivity contribution in [3.8, 4) is 5.75 Å². The third-order valence-electron chi connectivity index (χ3n) is 4.56. The van der Waals surface area contributed by atoms with Crippen molar-refractivity contribution in [3.05, 3.63) is 29.8 Å². The van der Waals surface area contributed by atoms with Crippen LogP contribution in [0.1, 0.15) is 31.7 Å². The molecule has 128 valence electrons. The van der Waals surface area contributed by atoms with Crippen LogP contribution < -0.4 is 4.74 Å². The number of carbonyl (C=O) groups is 1. The van der Waals surface area contributed by atoms with Gasteiger partial charge < -0.3 is 14.7 Å². The quantitative estimate of drug-likeness (QED) is 0.870. The van der Waals surface area contributed by atoms with Gasteiger partial charge in [0.2, 0.25) is 5.91 Å². The maximum Gasteiger partial charge on any atom is 0.236 e. The number of aliphatic hydroxyl groups excluding tert-OH is 1. The maximum absolute atomic E-state index is 12.5. The molecule has 1 N–H and O–H groups in total. The maximum atomic E-state index is 12.5. The number of hydrogen-bond donors (Lipinski definition) is 1. The molecule has 0 radical (unpaired) electrons. The van der Waals surface area contributed by atoms with Gasteiger partial charge in [0, 0.05) is 19.6 Å². The minimum absolute atomic E-state index is 0.0911. The lowest BCUT2D eigenvalue weighted by Gasteiger charge is -2.37. The molecule has 1 amide bonds. The molecule has 0 aliphatic carbocycles. The van der Waals surface area contributed by atoms with Gasteiger partial charge in [-0.3, -0.25) is 9.69 Å². The van der Waals surface area contributed by atoms with Gasteiger partial charge in [0.1, 0.15) is 5.75 Å². The highest BCUT2D eigenvalue weighted by Crippen LogP contribution is 2.20. The predicted molar refractivity (Wildman–Crippen MR) is 90.4 cm³/mol. The fraction of sp³-hybridized carbons (Fsp3) is 0.611. The van der Waals surface area contributed by atoms with E-state index in [0.717, 1.165) is 37.1 Å². The largest absolute Gasteiger partial charge is 0.497 e. The summed E-state index contributed by atoms with van der Waals surface area (Å²) in [5.74, 6) is 0.907. The van der Waals surface area contributed by atoms with Gasteiger partial charge in [-0.15, -0.1) is 0 Å². The van der Waals surface area contributed by atoms with Gasteiger partial charge in [0.25, 0.3) is 0 Å². The van der Waals surface area contributed by atoms with E-state index in [1.165, 1.54) is 0 Å². The molecule has 0 spiro atoms. The van der Waals surface area contributed by atoms with Crippen LogP contribution in [0.25, 0.3) is 0 Å². The van der Waals surface area contributed by atoms with Crippen molar-refractivity contribution >= 4 is 5.91 Å². The number of benzene rings is 1. The van der Waals surface area contributed by atoms with E-state index in [-0.39, 0.29) is 11.9 Å². The number of amides is 1. The van der Waals surface area contributed by atoms with Crippen LogP contribution in [0.5, 0.6) is 5.75 Å². The van der Waals surface area contributed by atoms with Crippen LogP contribution in [0.15, 0.2) is 24.3 Å². The second-order valence-corrected chi connectivity index (χ2v) is 6.37. The van der Waals surface area contributed by atoms with Crippen molar-refractivity contribution in [1.29, 1.82) is 0 Å². The minimum Gasteiger partial charge on any atom is -0.497 e. The summed E-state index contributed by atoms with van der Waals surface area (Å²) in [4.78, 5) is 16.4. The van der Waals surface area contributed by atoms with Gasteiger partial charge in [0.05, 0.1) is 19.8 Å². The Kier molecular flexibility index (Phi) is 6.42. The molecule has 2 rings (SSSR count). The zero-order valence-electron chi connectivity index (χ0n) is 14.4. The molecule has 5 heteroatoms. The van der Waals surface area contributed by atoms with Gasteiger partial charge in [-0.1, -0.05) is 18.6 Å². The molecule has 0 bridgehead atoms. The smallest absolute Gasteiger partial charge is 0.236 e. The summed E-state index contributed by atoms with van der Waals surface area (Å²) in [6.45, 7) is 3.66. The van der Waals surface area contributed by atoms with E-state index in [0.29, 0.717) is 13.1 Å². The molecule has 1 saturated heterocycles. The number of nitrogens with zero attached hydrogens (tertiary/aromatic N) is 2. The minimum atomic E-state index is -0.394.